The van der Waals surface area contributed by atoms with Crippen molar-refractivity contribution in [2.24, 2.45) is 0 Å². The molecule has 0 aliphatic carbocycles. The standard InChI is InChI=1S/C30H34FN5O3S2/c1-3-4-11-35-27(34-14-12-33(13-15-34)25-10-6-5-9-24(25)31)22(20(2)23(18-32)28(35)37)17-26-29(38)36(30(40)41-26)19-21-8-7-16-39-21/h5-6,9-10,17,21H,3-4,7-8,11-16,19H2,1-2H3/b26-17-. The number of amides is 1. The van der Waals surface area contributed by atoms with Crippen LogP contribution in [0.3, 0.4) is 0 Å². The first-order valence-electron chi connectivity index (χ1n) is 14.1. The molecule has 11 heteroatoms. The van der Waals surface area contributed by atoms with Crippen molar-refractivity contribution in [3.63, 3.8) is 0 Å². The molecule has 0 radical (unpaired) electrons. The summed E-state index contributed by atoms with van der Waals surface area (Å²) in [6.07, 6.45) is 5.27. The van der Waals surface area contributed by atoms with E-state index in [1.807, 2.05) is 11.0 Å². The van der Waals surface area contributed by atoms with Crippen LogP contribution in [0, 0.1) is 24.1 Å². The Kier molecular flexibility index (Phi) is 9.12. The molecule has 5 rings (SSSR count). The van der Waals surface area contributed by atoms with Gasteiger partial charge in [0.2, 0.25) is 0 Å². The molecule has 216 valence electrons. The number of thioether (sulfide) groups is 1. The fourth-order valence-corrected chi connectivity index (χ4v) is 6.91. The van der Waals surface area contributed by atoms with Crippen LogP contribution in [0.15, 0.2) is 34.0 Å². The van der Waals surface area contributed by atoms with Crippen molar-refractivity contribution in [1.29, 1.82) is 5.26 Å². The summed E-state index contributed by atoms with van der Waals surface area (Å²) < 4.78 is 22.4. The zero-order valence-corrected chi connectivity index (χ0v) is 25.0. The lowest BCUT2D eigenvalue weighted by Gasteiger charge is -2.39. The Balaban J connectivity index is 1.54. The number of para-hydroxylation sites is 1. The number of ether oxygens (including phenoxy) is 1. The Bertz CT molecular complexity index is 1470. The van der Waals surface area contributed by atoms with E-state index >= 15 is 0 Å². The quantitative estimate of drug-likeness (QED) is 0.322. The summed E-state index contributed by atoms with van der Waals surface area (Å²) in [6.45, 7) is 7.60. The molecule has 1 amide bonds. The van der Waals surface area contributed by atoms with Crippen molar-refractivity contribution in [3.8, 4) is 6.07 Å². The normalized spacial score (nSPS) is 20.4. The molecule has 3 saturated heterocycles. The lowest BCUT2D eigenvalue weighted by Crippen LogP contribution is -2.49. The summed E-state index contributed by atoms with van der Waals surface area (Å²) in [5.74, 6) is 0.244. The number of carbonyl (C=O) groups excluding carboxylic acids is 1. The highest BCUT2D eigenvalue weighted by molar-refractivity contribution is 8.26. The van der Waals surface area contributed by atoms with Crippen LogP contribution in [0.5, 0.6) is 0 Å². The summed E-state index contributed by atoms with van der Waals surface area (Å²) in [7, 11) is 0. The molecule has 3 aliphatic heterocycles. The van der Waals surface area contributed by atoms with E-state index in [0.717, 1.165) is 25.7 Å². The Labute approximate surface area is 249 Å². The van der Waals surface area contributed by atoms with E-state index in [-0.39, 0.29) is 29.0 Å². The number of benzene rings is 1. The molecule has 3 fully saturated rings. The number of hydrogen-bond donors (Lipinski definition) is 0. The molecule has 3 aliphatic rings. The van der Waals surface area contributed by atoms with Crippen LogP contribution in [-0.4, -0.2) is 65.1 Å². The van der Waals surface area contributed by atoms with E-state index in [2.05, 4.69) is 17.9 Å². The molecule has 0 bridgehead atoms. The Morgan fingerprint density at radius 3 is 2.59 bits per heavy atom. The van der Waals surface area contributed by atoms with Crippen LogP contribution >= 0.6 is 24.0 Å². The molecule has 0 saturated carbocycles. The highest BCUT2D eigenvalue weighted by atomic mass is 32.2. The van der Waals surface area contributed by atoms with Gasteiger partial charge in [0.1, 0.15) is 27.6 Å². The number of rotatable bonds is 8. The first kappa shape index (κ1) is 29.3. The number of carbonyl (C=O) groups is 1. The van der Waals surface area contributed by atoms with E-state index in [1.165, 1.54) is 17.8 Å². The van der Waals surface area contributed by atoms with Crippen molar-refractivity contribution in [1.82, 2.24) is 9.47 Å². The minimum absolute atomic E-state index is 0.0268. The predicted molar refractivity (Wildman–Crippen MR) is 165 cm³/mol. The molecule has 1 aromatic heterocycles. The largest absolute Gasteiger partial charge is 0.376 e. The van der Waals surface area contributed by atoms with Crippen molar-refractivity contribution in [3.05, 3.63) is 62.0 Å². The third-order valence-electron chi connectivity index (χ3n) is 7.91. The number of unbranched alkanes of at least 4 members (excludes halogenated alkanes) is 1. The molecule has 8 nitrogen and oxygen atoms in total. The van der Waals surface area contributed by atoms with Gasteiger partial charge in [-0.3, -0.25) is 19.1 Å². The monoisotopic (exact) mass is 595 g/mol. The maximum absolute atomic E-state index is 14.5. The maximum atomic E-state index is 14.5. The van der Waals surface area contributed by atoms with Gasteiger partial charge in [-0.1, -0.05) is 49.5 Å². The Hall–Kier alpha value is -3.20. The van der Waals surface area contributed by atoms with Gasteiger partial charge >= 0.3 is 0 Å². The van der Waals surface area contributed by atoms with Gasteiger partial charge in [0, 0.05) is 44.9 Å². The van der Waals surface area contributed by atoms with Gasteiger partial charge in [0.05, 0.1) is 23.2 Å². The smallest absolute Gasteiger partial charge is 0.270 e. The van der Waals surface area contributed by atoms with Crippen LogP contribution in [0.4, 0.5) is 15.9 Å². The molecule has 1 unspecified atom stereocenters. The van der Waals surface area contributed by atoms with Crippen LogP contribution in [0.2, 0.25) is 0 Å². The fourth-order valence-electron chi connectivity index (χ4n) is 5.66. The SMILES string of the molecule is CCCCn1c(N2CCN(c3ccccc3F)CC2)c(/C=C2\SC(=S)N(CC3CCCO3)C2=O)c(C)c(C#N)c1=O. The van der Waals surface area contributed by atoms with Gasteiger partial charge in [0.15, 0.2) is 0 Å². The second kappa shape index (κ2) is 12.8. The van der Waals surface area contributed by atoms with Gasteiger partial charge < -0.3 is 14.5 Å². The van der Waals surface area contributed by atoms with Crippen LogP contribution in [0.1, 0.15) is 49.3 Å². The molecule has 0 N–H and O–H groups in total. The van der Waals surface area contributed by atoms with Crippen LogP contribution < -0.4 is 15.4 Å². The lowest BCUT2D eigenvalue weighted by molar-refractivity contribution is -0.123. The van der Waals surface area contributed by atoms with E-state index in [0.29, 0.717) is 77.7 Å². The average Bonchev–Trinajstić information content (AvgIpc) is 3.58. The molecular formula is C30H34FN5O3S2. The van der Waals surface area contributed by atoms with Crippen molar-refractivity contribution in [2.45, 2.75) is 52.2 Å². The fraction of sp³-hybridized carbons (Fsp3) is 0.467. The molecular weight excluding hydrogens is 561 g/mol. The highest BCUT2D eigenvalue weighted by Crippen LogP contribution is 2.37. The molecule has 41 heavy (non-hydrogen) atoms. The Morgan fingerprint density at radius 1 is 1.20 bits per heavy atom. The number of anilines is 2. The number of piperazine rings is 1. The first-order valence-corrected chi connectivity index (χ1v) is 15.3. The number of nitrogens with zero attached hydrogens (tertiary/aromatic N) is 5. The summed E-state index contributed by atoms with van der Waals surface area (Å²) in [5, 5.41) is 9.96. The van der Waals surface area contributed by atoms with E-state index in [1.54, 1.807) is 34.6 Å². The molecule has 1 atom stereocenters. The zero-order chi connectivity index (χ0) is 29.1. The van der Waals surface area contributed by atoms with E-state index in [4.69, 9.17) is 17.0 Å². The summed E-state index contributed by atoms with van der Waals surface area (Å²) in [5.41, 5.74) is 1.53. The summed E-state index contributed by atoms with van der Waals surface area (Å²) in [4.78, 5) is 33.3. The lowest BCUT2D eigenvalue weighted by atomic mass is 10.0. The molecule has 1 aromatic carbocycles. The van der Waals surface area contributed by atoms with Crippen LogP contribution in [0.25, 0.3) is 6.08 Å². The van der Waals surface area contributed by atoms with E-state index in [9.17, 15) is 19.2 Å². The van der Waals surface area contributed by atoms with Gasteiger partial charge in [0.25, 0.3) is 11.5 Å². The summed E-state index contributed by atoms with van der Waals surface area (Å²) >= 11 is 6.82. The second-order valence-corrected chi connectivity index (χ2v) is 12.2. The van der Waals surface area contributed by atoms with Gasteiger partial charge in [-0.15, -0.1) is 0 Å². The minimum Gasteiger partial charge on any atom is -0.376 e. The van der Waals surface area contributed by atoms with Gasteiger partial charge in [-0.25, -0.2) is 4.39 Å². The third-order valence-corrected chi connectivity index (χ3v) is 9.29. The number of pyridine rings is 1. The highest BCUT2D eigenvalue weighted by Gasteiger charge is 2.36. The minimum atomic E-state index is -0.326. The average molecular weight is 596 g/mol. The first-order chi connectivity index (χ1) is 19.8. The number of nitriles is 1. The number of aromatic nitrogens is 1. The maximum Gasteiger partial charge on any atom is 0.270 e. The Morgan fingerprint density at radius 2 is 1.93 bits per heavy atom. The van der Waals surface area contributed by atoms with Gasteiger partial charge in [-0.05, 0) is 50.0 Å². The number of halogens is 1. The molecule has 4 heterocycles. The number of hydrogen-bond acceptors (Lipinski definition) is 8. The zero-order valence-electron chi connectivity index (χ0n) is 23.4. The summed E-state index contributed by atoms with van der Waals surface area (Å²) in [6, 6.07) is 8.85. The van der Waals surface area contributed by atoms with E-state index < -0.39 is 0 Å². The third kappa shape index (κ3) is 5.92. The topological polar surface area (TPSA) is 81.8 Å². The van der Waals surface area contributed by atoms with Crippen molar-refractivity contribution >= 4 is 51.8 Å². The number of thiocarbonyl (C=S) groups is 1. The predicted octanol–water partition coefficient (Wildman–Crippen LogP) is 4.67. The van der Waals surface area contributed by atoms with Crippen LogP contribution in [-0.2, 0) is 16.1 Å². The second-order valence-electron chi connectivity index (χ2n) is 10.5. The van der Waals surface area contributed by atoms with Crippen molar-refractivity contribution < 1.29 is 13.9 Å². The molecule has 0 spiro atoms. The van der Waals surface area contributed by atoms with Gasteiger partial charge in [-0.2, -0.15) is 5.26 Å². The van der Waals surface area contributed by atoms with Crippen molar-refractivity contribution in [2.75, 3.05) is 49.1 Å². The molecule has 2 aromatic rings.